The normalized spacial score (nSPS) is 10.8. The molecule has 0 aliphatic rings. The molecule has 0 aromatic rings. The summed E-state index contributed by atoms with van der Waals surface area (Å²) >= 11 is 0. The third-order valence-corrected chi connectivity index (χ3v) is 1.28. The maximum absolute atomic E-state index is 10.3. The average molecular weight is 191 g/mol. The van der Waals surface area contributed by atoms with E-state index in [2.05, 4.69) is 0 Å². The van der Waals surface area contributed by atoms with Crippen molar-refractivity contribution in [1.29, 1.82) is 0 Å². The lowest BCUT2D eigenvalue weighted by Crippen LogP contribution is -2.42. The summed E-state index contributed by atoms with van der Waals surface area (Å²) in [5.41, 5.74) is -2.80. The van der Waals surface area contributed by atoms with Crippen LogP contribution >= 0.6 is 0 Å². The van der Waals surface area contributed by atoms with Crippen LogP contribution in [0.1, 0.15) is 12.8 Å². The van der Waals surface area contributed by atoms with Gasteiger partial charge < -0.3 is 15.3 Å². The summed E-state index contributed by atoms with van der Waals surface area (Å²) in [7, 11) is 0. The van der Waals surface area contributed by atoms with Crippen LogP contribution in [0.25, 0.3) is 0 Å². The first-order valence-corrected chi connectivity index (χ1v) is 3.15. The van der Waals surface area contributed by atoms with Gasteiger partial charge in [-0.3, -0.25) is 4.79 Å². The lowest BCUT2D eigenvalue weighted by atomic mass is 9.96. The minimum Gasteiger partial charge on any atom is -0.481 e. The standard InChI is InChI=1S/C6H7O7/c7-3(8)1-6(13,5(11)12)2-4(9)10/h13H,1-2H2,(H,7,8)(H,11,12). The first-order valence-electron chi connectivity index (χ1n) is 3.15. The van der Waals surface area contributed by atoms with Crippen LogP contribution in [0.5, 0.6) is 0 Å². The summed E-state index contributed by atoms with van der Waals surface area (Å²) in [6.45, 7) is 0. The molecular formula is C6H7O7. The fraction of sp³-hybridized carbons (Fsp3) is 0.500. The first kappa shape index (κ1) is 11.4. The van der Waals surface area contributed by atoms with Gasteiger partial charge in [0.25, 0.3) is 0 Å². The Morgan fingerprint density at radius 2 is 1.54 bits per heavy atom. The van der Waals surface area contributed by atoms with Gasteiger partial charge in [0.2, 0.25) is 0 Å². The highest BCUT2D eigenvalue weighted by Gasteiger charge is 2.41. The maximum atomic E-state index is 10.3. The second-order valence-electron chi connectivity index (χ2n) is 2.46. The zero-order chi connectivity index (χ0) is 10.6. The van der Waals surface area contributed by atoms with Crippen LogP contribution in [0, 0.1) is 0 Å². The van der Waals surface area contributed by atoms with Gasteiger partial charge in [0.15, 0.2) is 5.60 Å². The predicted octanol–water partition coefficient (Wildman–Crippen LogP) is -1.38. The molecule has 0 aromatic carbocycles. The van der Waals surface area contributed by atoms with Crippen molar-refractivity contribution in [3.8, 4) is 0 Å². The second kappa shape index (κ2) is 3.85. The molecule has 0 amide bonds. The van der Waals surface area contributed by atoms with E-state index >= 15 is 0 Å². The number of carbonyl (C=O) groups is 3. The van der Waals surface area contributed by atoms with Crippen molar-refractivity contribution in [2.24, 2.45) is 0 Å². The Morgan fingerprint density at radius 3 is 1.77 bits per heavy atom. The van der Waals surface area contributed by atoms with E-state index in [0.29, 0.717) is 0 Å². The SMILES string of the molecule is [O]C(=O)CC(O)(CC(=O)O)C(=O)O. The van der Waals surface area contributed by atoms with Crippen molar-refractivity contribution in [3.63, 3.8) is 0 Å². The molecule has 0 aromatic heterocycles. The Balaban J connectivity index is 4.62. The van der Waals surface area contributed by atoms with E-state index in [4.69, 9.17) is 15.3 Å². The Labute approximate surface area is 72.2 Å². The predicted molar refractivity (Wildman–Crippen MR) is 35.1 cm³/mol. The number of carboxylic acids is 2. The Kier molecular flexibility index (Phi) is 3.37. The largest absolute Gasteiger partial charge is 0.481 e. The third-order valence-electron chi connectivity index (χ3n) is 1.28. The third kappa shape index (κ3) is 3.52. The van der Waals surface area contributed by atoms with E-state index < -0.39 is 36.4 Å². The average Bonchev–Trinajstić information content (AvgIpc) is 1.82. The van der Waals surface area contributed by atoms with Crippen LogP contribution in [0.3, 0.4) is 0 Å². The highest BCUT2D eigenvalue weighted by Crippen LogP contribution is 2.15. The molecule has 0 saturated carbocycles. The topological polar surface area (TPSA) is 132 Å². The van der Waals surface area contributed by atoms with Crippen molar-refractivity contribution in [2.45, 2.75) is 18.4 Å². The quantitative estimate of drug-likeness (QED) is 0.490. The number of carbonyl (C=O) groups excluding carboxylic acids is 1. The molecular weight excluding hydrogens is 184 g/mol. The first-order chi connectivity index (χ1) is 5.78. The number of hydrogen-bond acceptors (Lipinski definition) is 4. The molecule has 1 atom stereocenters. The van der Waals surface area contributed by atoms with Crippen molar-refractivity contribution < 1.29 is 34.8 Å². The van der Waals surface area contributed by atoms with E-state index in [-0.39, 0.29) is 0 Å². The van der Waals surface area contributed by atoms with Gasteiger partial charge in [-0.1, -0.05) is 0 Å². The van der Waals surface area contributed by atoms with Crippen molar-refractivity contribution in [3.05, 3.63) is 0 Å². The van der Waals surface area contributed by atoms with Crippen LogP contribution in [0.4, 0.5) is 0 Å². The van der Waals surface area contributed by atoms with E-state index in [0.717, 1.165) is 0 Å². The minimum atomic E-state index is -2.80. The molecule has 0 bridgehead atoms. The summed E-state index contributed by atoms with van der Waals surface area (Å²) in [6, 6.07) is 0. The van der Waals surface area contributed by atoms with Crippen LogP contribution in [-0.2, 0) is 19.5 Å². The van der Waals surface area contributed by atoms with Gasteiger partial charge in [0, 0.05) is 0 Å². The number of hydrogen-bond donors (Lipinski definition) is 3. The van der Waals surface area contributed by atoms with Gasteiger partial charge in [-0.15, -0.1) is 0 Å². The molecule has 0 aliphatic heterocycles. The molecule has 0 spiro atoms. The van der Waals surface area contributed by atoms with Crippen molar-refractivity contribution in [1.82, 2.24) is 0 Å². The zero-order valence-electron chi connectivity index (χ0n) is 6.39. The van der Waals surface area contributed by atoms with Crippen molar-refractivity contribution >= 4 is 17.9 Å². The molecule has 0 heterocycles. The van der Waals surface area contributed by atoms with Gasteiger partial charge in [0.05, 0.1) is 12.8 Å². The van der Waals surface area contributed by atoms with Crippen LogP contribution in [0.15, 0.2) is 0 Å². The molecule has 3 N–H and O–H groups in total. The van der Waals surface area contributed by atoms with Crippen LogP contribution in [0.2, 0.25) is 0 Å². The highest BCUT2D eigenvalue weighted by atomic mass is 16.4. The molecule has 13 heavy (non-hydrogen) atoms. The van der Waals surface area contributed by atoms with Gasteiger partial charge in [-0.2, -0.15) is 0 Å². The summed E-state index contributed by atoms with van der Waals surface area (Å²) in [6.07, 6.45) is -2.44. The summed E-state index contributed by atoms with van der Waals surface area (Å²) in [4.78, 5) is 30.3. The smallest absolute Gasteiger partial charge is 0.359 e. The Bertz CT molecular complexity index is 227. The second-order valence-corrected chi connectivity index (χ2v) is 2.46. The van der Waals surface area contributed by atoms with Crippen LogP contribution < -0.4 is 0 Å². The summed E-state index contributed by atoms with van der Waals surface area (Å²) < 4.78 is 0. The van der Waals surface area contributed by atoms with E-state index in [1.54, 1.807) is 0 Å². The summed E-state index contributed by atoms with van der Waals surface area (Å²) in [5.74, 6) is -5.34. The van der Waals surface area contributed by atoms with Crippen LogP contribution in [-0.4, -0.2) is 38.8 Å². The van der Waals surface area contributed by atoms with Gasteiger partial charge in [-0.25, -0.2) is 14.7 Å². The molecule has 1 radical (unpaired) electrons. The maximum Gasteiger partial charge on any atom is 0.359 e. The lowest BCUT2D eigenvalue weighted by Gasteiger charge is -2.17. The number of aliphatic hydroxyl groups is 1. The highest BCUT2D eigenvalue weighted by molar-refractivity contribution is 5.87. The Hall–Kier alpha value is -1.63. The number of aliphatic carboxylic acids is 2. The molecule has 0 saturated heterocycles. The zero-order valence-corrected chi connectivity index (χ0v) is 6.39. The number of carboxylic acid groups (broad SMARTS) is 2. The van der Waals surface area contributed by atoms with E-state index in [1.165, 1.54) is 0 Å². The van der Waals surface area contributed by atoms with E-state index in [1.807, 2.05) is 0 Å². The fourth-order valence-corrected chi connectivity index (χ4v) is 0.703. The molecule has 0 fully saturated rings. The number of rotatable bonds is 5. The molecule has 0 aliphatic carbocycles. The summed E-state index contributed by atoms with van der Waals surface area (Å²) in [5, 5.41) is 35.5. The van der Waals surface area contributed by atoms with Crippen molar-refractivity contribution in [2.75, 3.05) is 0 Å². The minimum absolute atomic E-state index is 1.18. The van der Waals surface area contributed by atoms with Gasteiger partial charge in [0.1, 0.15) is 0 Å². The Morgan fingerprint density at radius 1 is 1.08 bits per heavy atom. The molecule has 7 nitrogen and oxygen atoms in total. The molecule has 7 heteroatoms. The lowest BCUT2D eigenvalue weighted by molar-refractivity contribution is -0.171. The van der Waals surface area contributed by atoms with E-state index in [9.17, 15) is 19.5 Å². The molecule has 1 unspecified atom stereocenters. The van der Waals surface area contributed by atoms with Gasteiger partial charge >= 0.3 is 17.9 Å². The monoisotopic (exact) mass is 191 g/mol. The van der Waals surface area contributed by atoms with Gasteiger partial charge in [-0.05, 0) is 0 Å². The fourth-order valence-electron chi connectivity index (χ4n) is 0.703. The molecule has 0 rings (SSSR count). The molecule has 73 valence electrons.